The van der Waals surface area contributed by atoms with Crippen molar-refractivity contribution in [3.8, 4) is 0 Å². The summed E-state index contributed by atoms with van der Waals surface area (Å²) in [5.41, 5.74) is 2.04. The molecule has 0 radical (unpaired) electrons. The van der Waals surface area contributed by atoms with Crippen molar-refractivity contribution in [2.45, 2.75) is 13.3 Å². The van der Waals surface area contributed by atoms with Crippen molar-refractivity contribution in [3.05, 3.63) is 58.9 Å². The SMILES string of the molecule is CCc1ccc(N2C(=O)/C(=C\c3ccco3)SC2=S)cc1. The summed E-state index contributed by atoms with van der Waals surface area (Å²) in [5, 5.41) is 0. The van der Waals surface area contributed by atoms with E-state index in [1.807, 2.05) is 30.3 Å². The van der Waals surface area contributed by atoms with Crippen LogP contribution in [0.15, 0.2) is 52.0 Å². The van der Waals surface area contributed by atoms with E-state index in [0.29, 0.717) is 15.0 Å². The number of carbonyl (C=O) groups is 1. The van der Waals surface area contributed by atoms with Gasteiger partial charge in [0.25, 0.3) is 5.91 Å². The maximum absolute atomic E-state index is 12.5. The lowest BCUT2D eigenvalue weighted by Gasteiger charge is -2.14. The van der Waals surface area contributed by atoms with Gasteiger partial charge in [0.05, 0.1) is 16.9 Å². The van der Waals surface area contributed by atoms with Gasteiger partial charge in [-0.3, -0.25) is 9.69 Å². The first-order chi connectivity index (χ1) is 10.2. The van der Waals surface area contributed by atoms with Gasteiger partial charge in [-0.25, -0.2) is 0 Å². The van der Waals surface area contributed by atoms with Gasteiger partial charge in [0.15, 0.2) is 4.32 Å². The third-order valence-corrected chi connectivity index (χ3v) is 4.52. The Morgan fingerprint density at radius 2 is 2.05 bits per heavy atom. The molecule has 2 aromatic rings. The predicted octanol–water partition coefficient (Wildman–Crippen LogP) is 4.25. The molecular formula is C16H13NO2S2. The Kier molecular flexibility index (Phi) is 3.94. The van der Waals surface area contributed by atoms with Crippen LogP contribution in [0.2, 0.25) is 0 Å². The van der Waals surface area contributed by atoms with E-state index in [9.17, 15) is 4.79 Å². The average molecular weight is 315 g/mol. The zero-order valence-electron chi connectivity index (χ0n) is 11.4. The molecule has 1 aromatic carbocycles. The largest absolute Gasteiger partial charge is 0.465 e. The molecule has 0 bridgehead atoms. The first kappa shape index (κ1) is 14.1. The number of furan rings is 1. The number of thioether (sulfide) groups is 1. The average Bonchev–Trinajstić information content (AvgIpc) is 3.09. The third-order valence-electron chi connectivity index (χ3n) is 3.21. The molecule has 0 aliphatic carbocycles. The maximum Gasteiger partial charge on any atom is 0.270 e. The van der Waals surface area contributed by atoms with Crippen LogP contribution in [-0.4, -0.2) is 10.2 Å². The molecule has 106 valence electrons. The summed E-state index contributed by atoms with van der Waals surface area (Å²) < 4.78 is 5.79. The summed E-state index contributed by atoms with van der Waals surface area (Å²) in [7, 11) is 0. The van der Waals surface area contributed by atoms with Crippen LogP contribution in [0.4, 0.5) is 5.69 Å². The molecule has 1 aromatic heterocycles. The van der Waals surface area contributed by atoms with E-state index in [0.717, 1.165) is 12.1 Å². The molecular weight excluding hydrogens is 302 g/mol. The Labute approximate surface area is 132 Å². The van der Waals surface area contributed by atoms with Crippen molar-refractivity contribution in [2.75, 3.05) is 4.90 Å². The Bertz CT molecular complexity index is 702. The van der Waals surface area contributed by atoms with Crippen molar-refractivity contribution in [1.82, 2.24) is 0 Å². The van der Waals surface area contributed by atoms with Crippen molar-refractivity contribution in [3.63, 3.8) is 0 Å². The first-order valence-electron chi connectivity index (χ1n) is 6.59. The lowest BCUT2D eigenvalue weighted by molar-refractivity contribution is -0.113. The number of carbonyl (C=O) groups excluding carboxylic acids is 1. The van der Waals surface area contributed by atoms with Crippen molar-refractivity contribution < 1.29 is 9.21 Å². The fourth-order valence-corrected chi connectivity index (χ4v) is 3.35. The molecule has 1 aliphatic rings. The smallest absolute Gasteiger partial charge is 0.270 e. The van der Waals surface area contributed by atoms with Crippen LogP contribution in [-0.2, 0) is 11.2 Å². The fourth-order valence-electron chi connectivity index (χ4n) is 2.07. The molecule has 0 saturated carbocycles. The highest BCUT2D eigenvalue weighted by Crippen LogP contribution is 2.36. The lowest BCUT2D eigenvalue weighted by atomic mass is 10.1. The molecule has 0 unspecified atom stereocenters. The van der Waals surface area contributed by atoms with Crippen molar-refractivity contribution in [1.29, 1.82) is 0 Å². The van der Waals surface area contributed by atoms with Gasteiger partial charge < -0.3 is 4.42 Å². The van der Waals surface area contributed by atoms with E-state index in [2.05, 4.69) is 6.92 Å². The molecule has 1 amide bonds. The Morgan fingerprint density at radius 3 is 2.67 bits per heavy atom. The summed E-state index contributed by atoms with van der Waals surface area (Å²) in [6.45, 7) is 2.10. The van der Waals surface area contributed by atoms with Gasteiger partial charge in [-0.05, 0) is 36.2 Å². The number of rotatable bonds is 3. The van der Waals surface area contributed by atoms with Gasteiger partial charge in [0, 0.05) is 6.08 Å². The fraction of sp³-hybridized carbons (Fsp3) is 0.125. The molecule has 5 heteroatoms. The van der Waals surface area contributed by atoms with Gasteiger partial charge in [-0.1, -0.05) is 43.0 Å². The summed E-state index contributed by atoms with van der Waals surface area (Å²) >= 11 is 6.62. The van der Waals surface area contributed by atoms with Crippen LogP contribution < -0.4 is 4.90 Å². The van der Waals surface area contributed by atoms with Crippen LogP contribution in [0.25, 0.3) is 6.08 Å². The van der Waals surface area contributed by atoms with Crippen molar-refractivity contribution in [2.24, 2.45) is 0 Å². The number of anilines is 1. The zero-order chi connectivity index (χ0) is 14.8. The van der Waals surface area contributed by atoms with E-state index in [1.54, 1.807) is 23.3 Å². The number of thiocarbonyl (C=S) groups is 1. The van der Waals surface area contributed by atoms with E-state index >= 15 is 0 Å². The number of amides is 1. The Balaban J connectivity index is 1.90. The van der Waals surface area contributed by atoms with Crippen LogP contribution in [0, 0.1) is 0 Å². The number of hydrogen-bond donors (Lipinski definition) is 0. The van der Waals surface area contributed by atoms with Gasteiger partial charge in [-0.15, -0.1) is 0 Å². The summed E-state index contributed by atoms with van der Waals surface area (Å²) in [5.74, 6) is 0.544. The van der Waals surface area contributed by atoms with Crippen LogP contribution >= 0.6 is 24.0 Å². The third kappa shape index (κ3) is 2.80. The van der Waals surface area contributed by atoms with Crippen LogP contribution in [0.3, 0.4) is 0 Å². The van der Waals surface area contributed by atoms with Crippen LogP contribution in [0.5, 0.6) is 0 Å². The summed E-state index contributed by atoms with van der Waals surface area (Å²) in [4.78, 5) is 14.6. The van der Waals surface area contributed by atoms with Gasteiger partial charge in [0.2, 0.25) is 0 Å². The molecule has 0 spiro atoms. The van der Waals surface area contributed by atoms with E-state index in [1.165, 1.54) is 17.3 Å². The highest BCUT2D eigenvalue weighted by atomic mass is 32.2. The standard InChI is InChI=1S/C16H13NO2S2/c1-2-11-5-7-12(8-6-11)17-15(18)14(21-16(17)20)10-13-4-3-9-19-13/h3-10H,2H2,1H3/b14-10+. The predicted molar refractivity (Wildman–Crippen MR) is 90.2 cm³/mol. The molecule has 1 aliphatic heterocycles. The molecule has 0 atom stereocenters. The molecule has 1 fully saturated rings. The second-order valence-corrected chi connectivity index (χ2v) is 6.23. The van der Waals surface area contributed by atoms with E-state index in [-0.39, 0.29) is 5.91 Å². The number of hydrogen-bond acceptors (Lipinski definition) is 4. The minimum atomic E-state index is -0.106. The molecule has 1 saturated heterocycles. The number of nitrogens with zero attached hydrogens (tertiary/aromatic N) is 1. The lowest BCUT2D eigenvalue weighted by Crippen LogP contribution is -2.27. The van der Waals surface area contributed by atoms with Gasteiger partial charge in [-0.2, -0.15) is 0 Å². The summed E-state index contributed by atoms with van der Waals surface area (Å²) in [6, 6.07) is 11.5. The molecule has 21 heavy (non-hydrogen) atoms. The highest BCUT2D eigenvalue weighted by Gasteiger charge is 2.33. The Hall–Kier alpha value is -1.85. The normalized spacial score (nSPS) is 17.0. The van der Waals surface area contributed by atoms with Gasteiger partial charge >= 0.3 is 0 Å². The second-order valence-electron chi connectivity index (χ2n) is 4.55. The first-order valence-corrected chi connectivity index (χ1v) is 7.82. The monoisotopic (exact) mass is 315 g/mol. The minimum Gasteiger partial charge on any atom is -0.465 e. The van der Waals surface area contributed by atoms with Gasteiger partial charge in [0.1, 0.15) is 5.76 Å². The highest BCUT2D eigenvalue weighted by molar-refractivity contribution is 8.27. The molecule has 3 nitrogen and oxygen atoms in total. The number of benzene rings is 1. The van der Waals surface area contributed by atoms with Crippen LogP contribution in [0.1, 0.15) is 18.2 Å². The zero-order valence-corrected chi connectivity index (χ0v) is 13.0. The molecule has 0 N–H and O–H groups in total. The number of aryl methyl sites for hydroxylation is 1. The van der Waals surface area contributed by atoms with Crippen molar-refractivity contribution >= 4 is 46.0 Å². The molecule has 3 rings (SSSR count). The maximum atomic E-state index is 12.5. The Morgan fingerprint density at radius 1 is 1.29 bits per heavy atom. The minimum absolute atomic E-state index is 0.106. The van der Waals surface area contributed by atoms with E-state index in [4.69, 9.17) is 16.6 Å². The van der Waals surface area contributed by atoms with E-state index < -0.39 is 0 Å². The topological polar surface area (TPSA) is 33.5 Å². The molecule has 2 heterocycles. The summed E-state index contributed by atoms with van der Waals surface area (Å²) in [6.07, 6.45) is 4.27. The quantitative estimate of drug-likeness (QED) is 0.626. The second kappa shape index (κ2) is 5.87.